The molecule has 1 heterocycles. The smallest absolute Gasteiger partial charge is 0.243 e. The van der Waals surface area contributed by atoms with Crippen LogP contribution in [0.3, 0.4) is 0 Å². The maximum Gasteiger partial charge on any atom is 0.243 e. The number of likely N-dealkylation sites (tertiary alicyclic amines) is 1. The molecule has 1 aliphatic rings. The second-order valence-electron chi connectivity index (χ2n) is 6.33. The molecular weight excluding hydrogens is 391 g/mol. The molecule has 1 atom stereocenters. The van der Waals surface area contributed by atoms with Gasteiger partial charge in [0.25, 0.3) is 0 Å². The van der Waals surface area contributed by atoms with E-state index in [-0.39, 0.29) is 43.2 Å². The Balaban J connectivity index is 0.00000338. The second kappa shape index (κ2) is 13.7. The number of carbonyl (C=O) groups is 2. The van der Waals surface area contributed by atoms with Crippen molar-refractivity contribution < 1.29 is 14.3 Å². The molecule has 1 saturated heterocycles. The largest absolute Gasteiger partial charge is 0.383 e. The molecule has 1 unspecified atom stereocenters. The fourth-order valence-electron chi connectivity index (χ4n) is 2.79. The minimum atomic E-state index is -0.709. The number of nitrogens with zero attached hydrogens (tertiary/aromatic N) is 1. The van der Waals surface area contributed by atoms with E-state index in [1.54, 1.807) is 24.3 Å². The molecule has 1 aromatic carbocycles. The molecule has 27 heavy (non-hydrogen) atoms. The number of anilines is 2. The quantitative estimate of drug-likeness (QED) is 0.599. The zero-order valence-corrected chi connectivity index (χ0v) is 17.2. The summed E-state index contributed by atoms with van der Waals surface area (Å²) < 4.78 is 4.86. The molecule has 0 aromatic heterocycles. The van der Waals surface area contributed by atoms with Crippen LogP contribution >= 0.6 is 24.8 Å². The molecule has 1 aliphatic heterocycles. The molecule has 4 N–H and O–H groups in total. The van der Waals surface area contributed by atoms with Crippen molar-refractivity contribution in [2.45, 2.75) is 31.7 Å². The Hall–Kier alpha value is -1.38. The third kappa shape index (κ3) is 9.39. The summed E-state index contributed by atoms with van der Waals surface area (Å²) in [6, 6.07) is 6.28. The summed E-state index contributed by atoms with van der Waals surface area (Å²) in [5.74, 6) is -0.301. The molecule has 0 spiro atoms. The lowest BCUT2D eigenvalue weighted by Crippen LogP contribution is -2.39. The average Bonchev–Trinajstić information content (AvgIpc) is 2.62. The van der Waals surface area contributed by atoms with Gasteiger partial charge in [-0.3, -0.25) is 9.59 Å². The molecule has 1 aromatic rings. The van der Waals surface area contributed by atoms with Crippen molar-refractivity contribution in [3.05, 3.63) is 24.3 Å². The molecule has 0 saturated carbocycles. The van der Waals surface area contributed by atoms with Crippen LogP contribution in [0.5, 0.6) is 0 Å². The Morgan fingerprint density at radius 1 is 1.07 bits per heavy atom. The highest BCUT2D eigenvalue weighted by atomic mass is 35.5. The SMILES string of the molecule is COCC(N)C(=O)Nc1ccc(NC(=O)CCN2CCCCC2)cc1.Cl.Cl. The zero-order chi connectivity index (χ0) is 18.1. The lowest BCUT2D eigenvalue weighted by molar-refractivity contribution is -0.118. The van der Waals surface area contributed by atoms with Gasteiger partial charge in [0.05, 0.1) is 6.61 Å². The Morgan fingerprint density at radius 3 is 2.19 bits per heavy atom. The highest BCUT2D eigenvalue weighted by Crippen LogP contribution is 2.14. The number of benzene rings is 1. The first-order valence-electron chi connectivity index (χ1n) is 8.76. The van der Waals surface area contributed by atoms with Gasteiger partial charge in [0.2, 0.25) is 11.8 Å². The molecule has 154 valence electrons. The predicted octanol–water partition coefficient (Wildman–Crippen LogP) is 2.26. The molecule has 0 radical (unpaired) electrons. The molecule has 9 heteroatoms. The summed E-state index contributed by atoms with van der Waals surface area (Å²) in [7, 11) is 1.50. The van der Waals surface area contributed by atoms with Gasteiger partial charge in [-0.25, -0.2) is 0 Å². The Labute approximate surface area is 173 Å². The van der Waals surface area contributed by atoms with Gasteiger partial charge in [-0.2, -0.15) is 0 Å². The molecule has 0 bridgehead atoms. The van der Waals surface area contributed by atoms with Crippen molar-refractivity contribution >= 4 is 48.0 Å². The van der Waals surface area contributed by atoms with Gasteiger partial charge < -0.3 is 26.0 Å². The Kier molecular flexibility index (Phi) is 13.0. The van der Waals surface area contributed by atoms with Crippen LogP contribution in [0.4, 0.5) is 11.4 Å². The first-order valence-corrected chi connectivity index (χ1v) is 8.76. The minimum Gasteiger partial charge on any atom is -0.383 e. The second-order valence-corrected chi connectivity index (χ2v) is 6.33. The van der Waals surface area contributed by atoms with Crippen molar-refractivity contribution in [1.82, 2.24) is 4.90 Å². The summed E-state index contributed by atoms with van der Waals surface area (Å²) in [6.07, 6.45) is 4.23. The number of carbonyl (C=O) groups excluding carboxylic acids is 2. The third-order valence-corrected chi connectivity index (χ3v) is 4.22. The lowest BCUT2D eigenvalue weighted by Gasteiger charge is -2.25. The van der Waals surface area contributed by atoms with E-state index in [0.29, 0.717) is 17.8 Å². The summed E-state index contributed by atoms with van der Waals surface area (Å²) in [6.45, 7) is 3.15. The highest BCUT2D eigenvalue weighted by Gasteiger charge is 2.14. The number of rotatable bonds is 8. The highest BCUT2D eigenvalue weighted by molar-refractivity contribution is 5.95. The molecule has 2 amide bonds. The molecule has 1 fully saturated rings. The Morgan fingerprint density at radius 2 is 1.63 bits per heavy atom. The van der Waals surface area contributed by atoms with Crippen molar-refractivity contribution in [3.63, 3.8) is 0 Å². The van der Waals surface area contributed by atoms with Crippen molar-refractivity contribution in [2.24, 2.45) is 5.73 Å². The Bertz CT molecular complexity index is 566. The van der Waals surface area contributed by atoms with Crippen LogP contribution < -0.4 is 16.4 Å². The number of hydrogen-bond acceptors (Lipinski definition) is 5. The van der Waals surface area contributed by atoms with E-state index in [1.165, 1.54) is 26.4 Å². The van der Waals surface area contributed by atoms with Crippen LogP contribution in [0.15, 0.2) is 24.3 Å². The maximum atomic E-state index is 12.0. The molecular formula is C18H30Cl2N4O3. The predicted molar refractivity (Wildman–Crippen MR) is 113 cm³/mol. The van der Waals surface area contributed by atoms with Gasteiger partial charge in [0.1, 0.15) is 6.04 Å². The van der Waals surface area contributed by atoms with Gasteiger partial charge in [0.15, 0.2) is 0 Å². The van der Waals surface area contributed by atoms with Gasteiger partial charge in [-0.05, 0) is 50.2 Å². The molecule has 2 rings (SSSR count). The standard InChI is InChI=1S/C18H28N4O3.2ClH/c1-25-13-16(19)18(24)21-15-7-5-14(6-8-15)20-17(23)9-12-22-10-3-2-4-11-22;;/h5-8,16H,2-4,9-13,19H2,1H3,(H,20,23)(H,21,24);2*1H. The van der Waals surface area contributed by atoms with Crippen molar-refractivity contribution in [1.29, 1.82) is 0 Å². The topological polar surface area (TPSA) is 96.7 Å². The number of nitrogens with two attached hydrogens (primary N) is 1. The van der Waals surface area contributed by atoms with Gasteiger partial charge in [-0.15, -0.1) is 24.8 Å². The molecule has 7 nitrogen and oxygen atoms in total. The number of amides is 2. The summed E-state index contributed by atoms with van der Waals surface area (Å²) in [4.78, 5) is 26.2. The van der Waals surface area contributed by atoms with Crippen molar-refractivity contribution in [2.75, 3.05) is 44.0 Å². The summed E-state index contributed by atoms with van der Waals surface area (Å²) in [5.41, 5.74) is 7.01. The summed E-state index contributed by atoms with van der Waals surface area (Å²) >= 11 is 0. The van der Waals surface area contributed by atoms with Crippen LogP contribution in [-0.4, -0.2) is 56.1 Å². The number of hydrogen-bond donors (Lipinski definition) is 3. The van der Waals surface area contributed by atoms with Crippen LogP contribution in [0, 0.1) is 0 Å². The van der Waals surface area contributed by atoms with E-state index >= 15 is 0 Å². The van der Waals surface area contributed by atoms with E-state index < -0.39 is 6.04 Å². The van der Waals surface area contributed by atoms with Gasteiger partial charge in [-0.1, -0.05) is 6.42 Å². The average molecular weight is 421 g/mol. The van der Waals surface area contributed by atoms with Gasteiger partial charge in [0, 0.05) is 31.5 Å². The van der Waals surface area contributed by atoms with Gasteiger partial charge >= 0.3 is 0 Å². The molecule has 0 aliphatic carbocycles. The van der Waals surface area contributed by atoms with Crippen LogP contribution in [-0.2, 0) is 14.3 Å². The summed E-state index contributed by atoms with van der Waals surface area (Å²) in [5, 5.41) is 5.59. The van der Waals surface area contributed by atoms with Crippen LogP contribution in [0.2, 0.25) is 0 Å². The first-order chi connectivity index (χ1) is 12.1. The van der Waals surface area contributed by atoms with E-state index in [4.69, 9.17) is 10.5 Å². The number of piperidine rings is 1. The lowest BCUT2D eigenvalue weighted by atomic mass is 10.1. The van der Waals surface area contributed by atoms with Crippen LogP contribution in [0.1, 0.15) is 25.7 Å². The fraction of sp³-hybridized carbons (Fsp3) is 0.556. The van der Waals surface area contributed by atoms with E-state index in [2.05, 4.69) is 15.5 Å². The number of ether oxygens (including phenoxy) is 1. The minimum absolute atomic E-state index is 0. The number of halogens is 2. The normalized spacial score (nSPS) is 15.0. The van der Waals surface area contributed by atoms with E-state index in [9.17, 15) is 9.59 Å². The maximum absolute atomic E-state index is 12.0. The van der Waals surface area contributed by atoms with Crippen molar-refractivity contribution in [3.8, 4) is 0 Å². The number of methoxy groups -OCH3 is 1. The van der Waals surface area contributed by atoms with E-state index in [1.807, 2.05) is 0 Å². The number of nitrogens with one attached hydrogen (secondary N) is 2. The monoisotopic (exact) mass is 420 g/mol. The first kappa shape index (κ1) is 25.6. The van der Waals surface area contributed by atoms with Crippen LogP contribution in [0.25, 0.3) is 0 Å². The fourth-order valence-corrected chi connectivity index (χ4v) is 2.79. The zero-order valence-electron chi connectivity index (χ0n) is 15.6. The van der Waals surface area contributed by atoms with E-state index in [0.717, 1.165) is 19.6 Å². The third-order valence-electron chi connectivity index (χ3n) is 4.22.